The van der Waals surface area contributed by atoms with Gasteiger partial charge in [-0.2, -0.15) is 0 Å². The monoisotopic (exact) mass is 366 g/mol. The molecule has 0 aromatic heterocycles. The molecule has 1 fully saturated rings. The van der Waals surface area contributed by atoms with Crippen LogP contribution in [0, 0.1) is 0 Å². The van der Waals surface area contributed by atoms with Gasteiger partial charge in [-0.3, -0.25) is 0 Å². The maximum absolute atomic E-state index is 5.99. The summed E-state index contributed by atoms with van der Waals surface area (Å²) in [7, 11) is 0. The molecule has 0 unspecified atom stereocenters. The van der Waals surface area contributed by atoms with Crippen molar-refractivity contribution in [3.8, 4) is 0 Å². The van der Waals surface area contributed by atoms with Gasteiger partial charge in [0.2, 0.25) is 0 Å². The van der Waals surface area contributed by atoms with Crippen LogP contribution >= 0.6 is 11.6 Å². The molecule has 24 heavy (non-hydrogen) atoms. The molecule has 2 aliphatic rings. The summed E-state index contributed by atoms with van der Waals surface area (Å²) < 4.78 is 2.46. The van der Waals surface area contributed by atoms with Gasteiger partial charge in [0.1, 0.15) is 0 Å². The summed E-state index contributed by atoms with van der Waals surface area (Å²) in [6, 6.07) is 8.21. The zero-order valence-electron chi connectivity index (χ0n) is 14.8. The van der Waals surface area contributed by atoms with Crippen molar-refractivity contribution in [3.63, 3.8) is 0 Å². The lowest BCUT2D eigenvalue weighted by Crippen LogP contribution is -3.00. The molecular weight excluding hydrogens is 339 g/mol. The molecule has 0 radical (unpaired) electrons. The van der Waals surface area contributed by atoms with E-state index in [1.807, 2.05) is 12.1 Å². The number of hydrogen-bond donors (Lipinski definition) is 0. The van der Waals surface area contributed by atoms with Crippen LogP contribution < -0.4 is 12.4 Å². The van der Waals surface area contributed by atoms with Crippen LogP contribution in [-0.2, 0) is 6.54 Å². The van der Waals surface area contributed by atoms with Crippen LogP contribution in [0.1, 0.15) is 51.5 Å². The highest BCUT2D eigenvalue weighted by molar-refractivity contribution is 6.30. The number of likely N-dealkylation sites (tertiary alicyclic amines) is 1. The van der Waals surface area contributed by atoms with Crippen molar-refractivity contribution < 1.29 is 17.0 Å². The third-order valence-corrected chi connectivity index (χ3v) is 5.37. The highest BCUT2D eigenvalue weighted by Gasteiger charge is 2.35. The quantitative estimate of drug-likeness (QED) is 0.740. The van der Waals surface area contributed by atoms with E-state index in [4.69, 9.17) is 11.6 Å². The first-order chi connectivity index (χ1) is 11.0. The van der Waals surface area contributed by atoms with Gasteiger partial charge in [0, 0.05) is 49.3 Å². The van der Waals surface area contributed by atoms with Crippen molar-refractivity contribution in [3.05, 3.63) is 46.6 Å². The standard InChI is InChI=1S/C20H28ClN2.ClH/c1-20(2)15-19(22-12-5-3-4-6-13-22)11-14-23(20)16-17-7-9-18(21)10-8-17;/h7-11,14H,3-6,12-13,15-16H2,1-2H3;1H/q+1;/p-1. The zero-order valence-corrected chi connectivity index (χ0v) is 16.3. The Kier molecular flexibility index (Phi) is 6.77. The number of allylic oxidation sites excluding steroid dienone is 1. The summed E-state index contributed by atoms with van der Waals surface area (Å²) in [5.41, 5.74) is 2.98. The van der Waals surface area contributed by atoms with Gasteiger partial charge in [0.05, 0.1) is 6.42 Å². The molecule has 0 atom stereocenters. The van der Waals surface area contributed by atoms with E-state index in [-0.39, 0.29) is 17.9 Å². The molecule has 3 rings (SSSR count). The Balaban J connectivity index is 0.00000208. The first kappa shape index (κ1) is 19.3. The second-order valence-corrected chi connectivity index (χ2v) is 7.89. The maximum atomic E-state index is 5.99. The fourth-order valence-corrected chi connectivity index (χ4v) is 3.74. The van der Waals surface area contributed by atoms with Crippen LogP contribution in [0.5, 0.6) is 0 Å². The lowest BCUT2D eigenvalue weighted by molar-refractivity contribution is -0.612. The molecule has 2 aliphatic heterocycles. The summed E-state index contributed by atoms with van der Waals surface area (Å²) in [6.07, 6.45) is 11.2. The smallest absolute Gasteiger partial charge is 0.168 e. The molecule has 1 saturated heterocycles. The van der Waals surface area contributed by atoms with Crippen LogP contribution in [-0.4, -0.2) is 34.3 Å². The van der Waals surface area contributed by atoms with Crippen molar-refractivity contribution >= 4 is 17.8 Å². The molecule has 0 bridgehead atoms. The summed E-state index contributed by atoms with van der Waals surface area (Å²) in [5.74, 6) is 0. The van der Waals surface area contributed by atoms with E-state index in [1.54, 1.807) is 0 Å². The fourth-order valence-electron chi connectivity index (χ4n) is 3.61. The molecule has 2 heterocycles. The highest BCUT2D eigenvalue weighted by Crippen LogP contribution is 2.28. The average Bonchev–Trinajstić information content (AvgIpc) is 2.80. The maximum Gasteiger partial charge on any atom is 0.168 e. The third-order valence-electron chi connectivity index (χ3n) is 5.12. The Morgan fingerprint density at radius 3 is 2.25 bits per heavy atom. The molecule has 0 aliphatic carbocycles. The Labute approximate surface area is 157 Å². The van der Waals surface area contributed by atoms with Crippen LogP contribution in [0.3, 0.4) is 0 Å². The number of rotatable bonds is 3. The minimum Gasteiger partial charge on any atom is -1.00 e. The molecule has 0 N–H and O–H groups in total. The van der Waals surface area contributed by atoms with Crippen molar-refractivity contribution in [2.24, 2.45) is 0 Å². The van der Waals surface area contributed by atoms with E-state index in [0.29, 0.717) is 0 Å². The fraction of sp³-hybridized carbons (Fsp3) is 0.550. The van der Waals surface area contributed by atoms with E-state index in [1.165, 1.54) is 50.0 Å². The molecule has 4 heteroatoms. The van der Waals surface area contributed by atoms with Crippen LogP contribution in [0.2, 0.25) is 5.02 Å². The van der Waals surface area contributed by atoms with E-state index in [0.717, 1.165) is 18.0 Å². The molecule has 132 valence electrons. The van der Waals surface area contributed by atoms with Crippen molar-refractivity contribution in [1.82, 2.24) is 4.90 Å². The van der Waals surface area contributed by atoms with Crippen LogP contribution in [0.4, 0.5) is 0 Å². The van der Waals surface area contributed by atoms with E-state index in [2.05, 4.69) is 47.7 Å². The molecule has 0 saturated carbocycles. The summed E-state index contributed by atoms with van der Waals surface area (Å²) in [4.78, 5) is 2.62. The Bertz CT molecular complexity index is 595. The third kappa shape index (κ3) is 4.77. The molecule has 0 amide bonds. The summed E-state index contributed by atoms with van der Waals surface area (Å²) in [5, 5.41) is 0.805. The van der Waals surface area contributed by atoms with Gasteiger partial charge in [0.25, 0.3) is 0 Å². The number of hydrogen-bond acceptors (Lipinski definition) is 1. The van der Waals surface area contributed by atoms with Gasteiger partial charge in [0.15, 0.2) is 18.3 Å². The highest BCUT2D eigenvalue weighted by atomic mass is 35.5. The minimum absolute atomic E-state index is 0. The number of halogens is 2. The number of nitrogens with zero attached hydrogens (tertiary/aromatic N) is 2. The van der Waals surface area contributed by atoms with E-state index in [9.17, 15) is 0 Å². The van der Waals surface area contributed by atoms with Gasteiger partial charge in [-0.25, -0.2) is 4.58 Å². The topological polar surface area (TPSA) is 6.25 Å². The normalized spacial score (nSPS) is 20.5. The Morgan fingerprint density at radius 1 is 1.04 bits per heavy atom. The predicted molar refractivity (Wildman–Crippen MR) is 98.3 cm³/mol. The van der Waals surface area contributed by atoms with Crippen molar-refractivity contribution in [2.45, 2.75) is 58.0 Å². The minimum atomic E-state index is 0. The van der Waals surface area contributed by atoms with Crippen LogP contribution in [0.15, 0.2) is 36.0 Å². The summed E-state index contributed by atoms with van der Waals surface area (Å²) in [6.45, 7) is 8.10. The molecule has 2 nitrogen and oxygen atoms in total. The largest absolute Gasteiger partial charge is 1.00 e. The Morgan fingerprint density at radius 2 is 1.67 bits per heavy atom. The van der Waals surface area contributed by atoms with Gasteiger partial charge >= 0.3 is 0 Å². The van der Waals surface area contributed by atoms with Crippen LogP contribution in [0.25, 0.3) is 0 Å². The lowest BCUT2D eigenvalue weighted by atomic mass is 9.93. The predicted octanol–water partition coefficient (Wildman–Crippen LogP) is 1.87. The van der Waals surface area contributed by atoms with Crippen molar-refractivity contribution in [2.75, 3.05) is 13.1 Å². The molecular formula is C20H28Cl2N2. The van der Waals surface area contributed by atoms with Crippen molar-refractivity contribution in [1.29, 1.82) is 0 Å². The first-order valence-electron chi connectivity index (χ1n) is 8.85. The average molecular weight is 367 g/mol. The van der Waals surface area contributed by atoms with Gasteiger partial charge in [-0.1, -0.05) is 36.6 Å². The molecule has 1 aromatic rings. The number of benzene rings is 1. The van der Waals surface area contributed by atoms with E-state index < -0.39 is 0 Å². The van der Waals surface area contributed by atoms with Gasteiger partial charge in [-0.15, -0.1) is 0 Å². The lowest BCUT2D eigenvalue weighted by Gasteiger charge is -2.33. The Hall–Kier alpha value is -0.990. The SMILES string of the molecule is CC1(C)CC(N2CCCCCC2)=CC=[N+]1Cc1ccc(Cl)cc1.[Cl-]. The second-order valence-electron chi connectivity index (χ2n) is 7.45. The first-order valence-corrected chi connectivity index (χ1v) is 9.23. The second kappa shape index (κ2) is 8.40. The van der Waals surface area contributed by atoms with E-state index >= 15 is 0 Å². The zero-order chi connectivity index (χ0) is 16.3. The molecule has 0 spiro atoms. The van der Waals surface area contributed by atoms with Gasteiger partial charge < -0.3 is 17.3 Å². The van der Waals surface area contributed by atoms with Gasteiger partial charge in [-0.05, 0) is 25.0 Å². The summed E-state index contributed by atoms with van der Waals surface area (Å²) >= 11 is 5.99. The molecule has 1 aromatic carbocycles.